The number of rotatable bonds is 3. The first-order valence-corrected chi connectivity index (χ1v) is 6.67. The highest BCUT2D eigenvalue weighted by Crippen LogP contribution is 2.18. The predicted octanol–water partition coefficient (Wildman–Crippen LogP) is 2.27. The molecule has 0 saturated carbocycles. The summed E-state index contributed by atoms with van der Waals surface area (Å²) in [6.07, 6.45) is 5.91. The van der Waals surface area contributed by atoms with Gasteiger partial charge in [-0.05, 0) is 31.5 Å². The number of piperidine rings is 1. The number of hydrogen-bond acceptors (Lipinski definition) is 4. The zero-order valence-electron chi connectivity index (χ0n) is 10.7. The maximum Gasteiger partial charge on any atom is 0.316 e. The molecule has 19 heavy (non-hydrogen) atoms. The highest BCUT2D eigenvalue weighted by molar-refractivity contribution is 5.61. The fourth-order valence-corrected chi connectivity index (χ4v) is 2.22. The summed E-state index contributed by atoms with van der Waals surface area (Å²) >= 11 is 0. The molecular formula is C15H17N3O. The summed E-state index contributed by atoms with van der Waals surface area (Å²) < 4.78 is 5.78. The molecule has 1 aromatic carbocycles. The summed E-state index contributed by atoms with van der Waals surface area (Å²) in [5.74, 6) is 0. The van der Waals surface area contributed by atoms with E-state index in [9.17, 15) is 0 Å². The molecule has 1 aromatic heterocycles. The zero-order chi connectivity index (χ0) is 12.9. The van der Waals surface area contributed by atoms with Gasteiger partial charge in [0.1, 0.15) is 6.10 Å². The van der Waals surface area contributed by atoms with Crippen LogP contribution in [0.4, 0.5) is 0 Å². The Balaban J connectivity index is 1.68. The largest absolute Gasteiger partial charge is 0.460 e. The molecule has 1 N–H and O–H groups in total. The second-order valence-electron chi connectivity index (χ2n) is 4.69. The second-order valence-corrected chi connectivity index (χ2v) is 4.69. The average molecular weight is 255 g/mol. The summed E-state index contributed by atoms with van der Waals surface area (Å²) in [4.78, 5) is 8.59. The van der Waals surface area contributed by atoms with Crippen LogP contribution in [0.5, 0.6) is 6.01 Å². The third-order valence-corrected chi connectivity index (χ3v) is 3.29. The van der Waals surface area contributed by atoms with Gasteiger partial charge in [0.05, 0.1) is 0 Å². The predicted molar refractivity (Wildman–Crippen MR) is 74.0 cm³/mol. The van der Waals surface area contributed by atoms with Crippen molar-refractivity contribution in [1.29, 1.82) is 0 Å². The Labute approximate surface area is 112 Å². The van der Waals surface area contributed by atoms with Crippen LogP contribution in [0.1, 0.15) is 12.8 Å². The van der Waals surface area contributed by atoms with E-state index in [-0.39, 0.29) is 6.10 Å². The molecule has 0 radical (unpaired) electrons. The van der Waals surface area contributed by atoms with Crippen LogP contribution >= 0.6 is 0 Å². The molecule has 1 fully saturated rings. The minimum atomic E-state index is 0.240. The quantitative estimate of drug-likeness (QED) is 0.914. The molecule has 0 spiro atoms. The van der Waals surface area contributed by atoms with Crippen molar-refractivity contribution in [3.05, 3.63) is 42.7 Å². The summed E-state index contributed by atoms with van der Waals surface area (Å²) in [7, 11) is 0. The Kier molecular flexibility index (Phi) is 3.70. The summed E-state index contributed by atoms with van der Waals surface area (Å²) in [6, 6.07) is 10.6. The van der Waals surface area contributed by atoms with Crippen molar-refractivity contribution in [1.82, 2.24) is 15.3 Å². The lowest BCUT2D eigenvalue weighted by molar-refractivity contribution is 0.149. The number of nitrogens with zero attached hydrogens (tertiary/aromatic N) is 2. The Hall–Kier alpha value is -1.94. The summed E-state index contributed by atoms with van der Waals surface area (Å²) in [5.41, 5.74) is 2.13. The maximum absolute atomic E-state index is 5.78. The first-order chi connectivity index (χ1) is 9.42. The van der Waals surface area contributed by atoms with Gasteiger partial charge < -0.3 is 10.1 Å². The van der Waals surface area contributed by atoms with E-state index in [0.29, 0.717) is 6.01 Å². The van der Waals surface area contributed by atoms with Crippen molar-refractivity contribution >= 4 is 0 Å². The zero-order valence-corrected chi connectivity index (χ0v) is 10.7. The van der Waals surface area contributed by atoms with Crippen LogP contribution in [-0.2, 0) is 0 Å². The Bertz CT molecular complexity index is 507. The second kappa shape index (κ2) is 5.80. The summed E-state index contributed by atoms with van der Waals surface area (Å²) in [5, 5.41) is 3.31. The van der Waals surface area contributed by atoms with E-state index < -0.39 is 0 Å². The molecule has 1 aliphatic heterocycles. The van der Waals surface area contributed by atoms with Gasteiger partial charge in [-0.2, -0.15) is 0 Å². The van der Waals surface area contributed by atoms with E-state index in [1.54, 1.807) is 0 Å². The fraction of sp³-hybridized carbons (Fsp3) is 0.333. The molecule has 0 aliphatic carbocycles. The molecule has 4 heteroatoms. The van der Waals surface area contributed by atoms with Crippen molar-refractivity contribution in [2.75, 3.05) is 13.1 Å². The Morgan fingerprint density at radius 1 is 0.947 bits per heavy atom. The molecule has 2 aromatic rings. The van der Waals surface area contributed by atoms with Gasteiger partial charge in [0.2, 0.25) is 0 Å². The van der Waals surface area contributed by atoms with Crippen LogP contribution < -0.4 is 10.1 Å². The maximum atomic E-state index is 5.78. The first-order valence-electron chi connectivity index (χ1n) is 6.67. The van der Waals surface area contributed by atoms with Crippen LogP contribution in [0.2, 0.25) is 0 Å². The van der Waals surface area contributed by atoms with Crippen LogP contribution in [0, 0.1) is 0 Å². The van der Waals surface area contributed by atoms with Gasteiger partial charge in [0.15, 0.2) is 0 Å². The van der Waals surface area contributed by atoms with E-state index in [1.165, 1.54) is 0 Å². The first kappa shape index (κ1) is 12.1. The van der Waals surface area contributed by atoms with Crippen molar-refractivity contribution in [2.45, 2.75) is 18.9 Å². The minimum absolute atomic E-state index is 0.240. The van der Waals surface area contributed by atoms with Crippen LogP contribution in [0.15, 0.2) is 42.7 Å². The van der Waals surface area contributed by atoms with E-state index in [2.05, 4.69) is 15.3 Å². The van der Waals surface area contributed by atoms with Crippen LogP contribution in [0.3, 0.4) is 0 Å². The number of hydrogen-bond donors (Lipinski definition) is 1. The number of ether oxygens (including phenoxy) is 1. The van der Waals surface area contributed by atoms with Crippen molar-refractivity contribution in [2.24, 2.45) is 0 Å². The molecule has 0 bridgehead atoms. The molecule has 1 aliphatic rings. The Morgan fingerprint density at radius 3 is 2.32 bits per heavy atom. The molecule has 4 nitrogen and oxygen atoms in total. The van der Waals surface area contributed by atoms with Gasteiger partial charge in [-0.15, -0.1) is 0 Å². The lowest BCUT2D eigenvalue weighted by Crippen LogP contribution is -2.34. The third kappa shape index (κ3) is 3.09. The Morgan fingerprint density at radius 2 is 1.63 bits per heavy atom. The normalized spacial score (nSPS) is 16.2. The van der Waals surface area contributed by atoms with Crippen molar-refractivity contribution in [3.8, 4) is 17.1 Å². The van der Waals surface area contributed by atoms with E-state index in [1.807, 2.05) is 42.7 Å². The van der Waals surface area contributed by atoms with Crippen LogP contribution in [-0.4, -0.2) is 29.2 Å². The molecule has 2 heterocycles. The van der Waals surface area contributed by atoms with Gasteiger partial charge in [0.25, 0.3) is 0 Å². The summed E-state index contributed by atoms with van der Waals surface area (Å²) in [6.45, 7) is 2.01. The standard InChI is InChI=1S/C15H17N3O/c1-2-4-12(5-3-1)13-10-17-15(18-11-13)19-14-6-8-16-9-7-14/h1-5,10-11,14,16H,6-9H2. The van der Waals surface area contributed by atoms with E-state index in [0.717, 1.165) is 37.1 Å². The monoisotopic (exact) mass is 255 g/mol. The van der Waals surface area contributed by atoms with Gasteiger partial charge in [-0.3, -0.25) is 0 Å². The third-order valence-electron chi connectivity index (χ3n) is 3.29. The molecular weight excluding hydrogens is 238 g/mol. The highest BCUT2D eigenvalue weighted by atomic mass is 16.5. The van der Waals surface area contributed by atoms with Crippen molar-refractivity contribution in [3.63, 3.8) is 0 Å². The molecule has 0 amide bonds. The van der Waals surface area contributed by atoms with Crippen molar-refractivity contribution < 1.29 is 4.74 Å². The molecule has 0 atom stereocenters. The SMILES string of the molecule is c1ccc(-c2cnc(OC3CCNCC3)nc2)cc1. The molecule has 3 rings (SSSR count). The van der Waals surface area contributed by atoms with Gasteiger partial charge in [-0.1, -0.05) is 30.3 Å². The average Bonchev–Trinajstić information content (AvgIpc) is 2.50. The molecule has 0 unspecified atom stereocenters. The lowest BCUT2D eigenvalue weighted by atomic mass is 10.1. The minimum Gasteiger partial charge on any atom is -0.460 e. The number of aromatic nitrogens is 2. The lowest BCUT2D eigenvalue weighted by Gasteiger charge is -2.22. The highest BCUT2D eigenvalue weighted by Gasteiger charge is 2.15. The van der Waals surface area contributed by atoms with E-state index >= 15 is 0 Å². The smallest absolute Gasteiger partial charge is 0.316 e. The van der Waals surface area contributed by atoms with Gasteiger partial charge in [0, 0.05) is 18.0 Å². The fourth-order valence-electron chi connectivity index (χ4n) is 2.22. The van der Waals surface area contributed by atoms with Gasteiger partial charge in [-0.25, -0.2) is 9.97 Å². The van der Waals surface area contributed by atoms with E-state index in [4.69, 9.17) is 4.74 Å². The number of benzene rings is 1. The van der Waals surface area contributed by atoms with Crippen LogP contribution in [0.25, 0.3) is 11.1 Å². The number of nitrogens with one attached hydrogen (secondary N) is 1. The molecule has 1 saturated heterocycles. The van der Waals surface area contributed by atoms with Gasteiger partial charge >= 0.3 is 6.01 Å². The topological polar surface area (TPSA) is 47.0 Å². The molecule has 98 valence electrons.